The second-order valence-corrected chi connectivity index (χ2v) is 6.62. The van der Waals surface area contributed by atoms with Crippen molar-refractivity contribution in [1.82, 2.24) is 14.8 Å². The van der Waals surface area contributed by atoms with Crippen LogP contribution in [-0.2, 0) is 6.54 Å². The van der Waals surface area contributed by atoms with Gasteiger partial charge in [-0.1, -0.05) is 6.07 Å². The fourth-order valence-electron chi connectivity index (χ4n) is 3.23. The molecule has 0 bridgehead atoms. The monoisotopic (exact) mass is 372 g/mol. The number of urea groups is 1. The van der Waals surface area contributed by atoms with Crippen LogP contribution in [0.4, 0.5) is 14.9 Å². The minimum atomic E-state index is -0.243. The molecule has 0 unspecified atom stereocenters. The maximum Gasteiger partial charge on any atom is 0.317 e. The van der Waals surface area contributed by atoms with Gasteiger partial charge in [0.1, 0.15) is 5.82 Å². The molecule has 0 aliphatic carbocycles. The molecule has 2 aromatic rings. The number of anilines is 1. The van der Waals surface area contributed by atoms with E-state index in [1.807, 2.05) is 11.0 Å². The van der Waals surface area contributed by atoms with Gasteiger partial charge in [0.2, 0.25) is 5.56 Å². The first-order chi connectivity index (χ1) is 13.1. The first kappa shape index (κ1) is 18.9. The second kappa shape index (κ2) is 9.21. The number of hydrogen-bond acceptors (Lipinski definition) is 3. The predicted octanol–water partition coefficient (Wildman–Crippen LogP) is 2.30. The van der Waals surface area contributed by atoms with E-state index in [4.69, 9.17) is 0 Å². The number of pyridine rings is 1. The number of halogens is 1. The minimum absolute atomic E-state index is 0.0303. The third-order valence-corrected chi connectivity index (χ3v) is 4.73. The van der Waals surface area contributed by atoms with Gasteiger partial charge in [-0.3, -0.25) is 4.79 Å². The average Bonchev–Trinajstić information content (AvgIpc) is 2.93. The van der Waals surface area contributed by atoms with Crippen molar-refractivity contribution in [2.24, 2.45) is 0 Å². The summed E-state index contributed by atoms with van der Waals surface area (Å²) < 4.78 is 14.7. The Hall–Kier alpha value is -2.83. The zero-order chi connectivity index (χ0) is 19.1. The predicted molar refractivity (Wildman–Crippen MR) is 104 cm³/mol. The quantitative estimate of drug-likeness (QED) is 0.820. The highest BCUT2D eigenvalue weighted by Crippen LogP contribution is 2.17. The molecule has 1 aliphatic rings. The van der Waals surface area contributed by atoms with Crippen LogP contribution in [0.5, 0.6) is 0 Å². The second-order valence-electron chi connectivity index (χ2n) is 6.62. The number of carbonyl (C=O) groups is 1. The molecule has 144 valence electrons. The molecule has 1 aromatic heterocycles. The van der Waals surface area contributed by atoms with Gasteiger partial charge in [-0.2, -0.15) is 0 Å². The van der Waals surface area contributed by atoms with Crippen LogP contribution in [0.15, 0.2) is 53.5 Å². The van der Waals surface area contributed by atoms with Gasteiger partial charge in [-0.15, -0.1) is 0 Å². The van der Waals surface area contributed by atoms with E-state index in [9.17, 15) is 14.0 Å². The number of aromatic nitrogens is 1. The summed E-state index contributed by atoms with van der Waals surface area (Å²) in [7, 11) is 0. The topological polar surface area (TPSA) is 57.6 Å². The Kier molecular flexibility index (Phi) is 6.46. The normalized spacial score (nSPS) is 14.7. The van der Waals surface area contributed by atoms with Gasteiger partial charge in [-0.05, 0) is 43.2 Å². The van der Waals surface area contributed by atoms with Crippen LogP contribution < -0.4 is 15.8 Å². The van der Waals surface area contributed by atoms with Crippen molar-refractivity contribution < 1.29 is 9.18 Å². The van der Waals surface area contributed by atoms with E-state index in [2.05, 4.69) is 10.2 Å². The van der Waals surface area contributed by atoms with E-state index in [1.54, 1.807) is 29.0 Å². The number of nitrogens with zero attached hydrogens (tertiary/aromatic N) is 3. The summed E-state index contributed by atoms with van der Waals surface area (Å²) in [6.07, 6.45) is 3.32. The Morgan fingerprint density at radius 3 is 2.63 bits per heavy atom. The van der Waals surface area contributed by atoms with Gasteiger partial charge < -0.3 is 19.7 Å². The average molecular weight is 372 g/mol. The highest BCUT2D eigenvalue weighted by molar-refractivity contribution is 5.74. The maximum absolute atomic E-state index is 13.1. The summed E-state index contributed by atoms with van der Waals surface area (Å²) in [6.45, 7) is 3.99. The van der Waals surface area contributed by atoms with E-state index >= 15 is 0 Å². The van der Waals surface area contributed by atoms with E-state index in [0.717, 1.165) is 25.2 Å². The van der Waals surface area contributed by atoms with Crippen molar-refractivity contribution in [2.45, 2.75) is 19.4 Å². The molecule has 1 fully saturated rings. The molecular formula is C20H25FN4O2. The number of rotatable bonds is 5. The van der Waals surface area contributed by atoms with Crippen LogP contribution in [0.25, 0.3) is 0 Å². The summed E-state index contributed by atoms with van der Waals surface area (Å²) in [5.74, 6) is -0.243. The van der Waals surface area contributed by atoms with Gasteiger partial charge in [0, 0.05) is 57.2 Å². The Labute approximate surface area is 158 Å². The number of carbonyl (C=O) groups excluding carboxylic acids is 1. The summed E-state index contributed by atoms with van der Waals surface area (Å²) in [6, 6.07) is 11.5. The minimum Gasteiger partial charge on any atom is -0.370 e. The number of amides is 2. The van der Waals surface area contributed by atoms with Gasteiger partial charge in [0.25, 0.3) is 0 Å². The lowest BCUT2D eigenvalue weighted by molar-refractivity contribution is 0.201. The van der Waals surface area contributed by atoms with Crippen LogP contribution in [0, 0.1) is 5.82 Å². The number of nitrogens with one attached hydrogen (secondary N) is 1. The Bertz CT molecular complexity index is 806. The standard InChI is InChI=1S/C20H25FN4O2/c21-17-6-8-18(9-7-17)23-13-4-14-25(16-15-23)20(27)22-10-3-12-24-11-2-1-5-19(24)26/h1-2,5-9,11H,3-4,10,12-16H2,(H,22,27). The molecule has 2 heterocycles. The van der Waals surface area contributed by atoms with E-state index in [-0.39, 0.29) is 17.4 Å². The van der Waals surface area contributed by atoms with Crippen LogP contribution in [0.2, 0.25) is 0 Å². The molecule has 1 N–H and O–H groups in total. The zero-order valence-electron chi connectivity index (χ0n) is 15.3. The molecule has 2 amide bonds. The van der Waals surface area contributed by atoms with Gasteiger partial charge in [0.05, 0.1) is 0 Å². The first-order valence-electron chi connectivity index (χ1n) is 9.32. The van der Waals surface area contributed by atoms with Crippen LogP contribution >= 0.6 is 0 Å². The van der Waals surface area contributed by atoms with E-state index in [0.29, 0.717) is 32.6 Å². The molecule has 3 rings (SSSR count). The largest absolute Gasteiger partial charge is 0.370 e. The molecule has 27 heavy (non-hydrogen) atoms. The lowest BCUT2D eigenvalue weighted by Crippen LogP contribution is -2.42. The van der Waals surface area contributed by atoms with Crippen molar-refractivity contribution in [1.29, 1.82) is 0 Å². The Morgan fingerprint density at radius 1 is 1.04 bits per heavy atom. The van der Waals surface area contributed by atoms with Crippen molar-refractivity contribution in [3.63, 3.8) is 0 Å². The van der Waals surface area contributed by atoms with Crippen molar-refractivity contribution in [2.75, 3.05) is 37.6 Å². The third-order valence-electron chi connectivity index (χ3n) is 4.73. The number of aryl methyl sites for hydroxylation is 1. The number of benzene rings is 1. The molecule has 1 aliphatic heterocycles. The molecule has 0 atom stereocenters. The summed E-state index contributed by atoms with van der Waals surface area (Å²) in [5, 5.41) is 2.94. The Morgan fingerprint density at radius 2 is 1.85 bits per heavy atom. The summed E-state index contributed by atoms with van der Waals surface area (Å²) >= 11 is 0. The van der Waals surface area contributed by atoms with Crippen molar-refractivity contribution in [3.8, 4) is 0 Å². The van der Waals surface area contributed by atoms with Crippen LogP contribution in [0.3, 0.4) is 0 Å². The molecule has 1 aromatic carbocycles. The third kappa shape index (κ3) is 5.32. The van der Waals surface area contributed by atoms with E-state index < -0.39 is 0 Å². The highest BCUT2D eigenvalue weighted by Gasteiger charge is 2.19. The fourth-order valence-corrected chi connectivity index (χ4v) is 3.23. The summed E-state index contributed by atoms with van der Waals surface area (Å²) in [4.78, 5) is 28.0. The Balaban J connectivity index is 1.43. The number of hydrogen-bond donors (Lipinski definition) is 1. The SMILES string of the molecule is O=C(NCCCn1ccccc1=O)N1CCCN(c2ccc(F)cc2)CC1. The molecule has 0 spiro atoms. The highest BCUT2D eigenvalue weighted by atomic mass is 19.1. The first-order valence-corrected chi connectivity index (χ1v) is 9.32. The molecule has 1 saturated heterocycles. The maximum atomic E-state index is 13.1. The fraction of sp³-hybridized carbons (Fsp3) is 0.400. The molecule has 6 nitrogen and oxygen atoms in total. The van der Waals surface area contributed by atoms with Crippen LogP contribution in [-0.4, -0.2) is 48.2 Å². The molecule has 7 heteroatoms. The van der Waals surface area contributed by atoms with E-state index in [1.165, 1.54) is 18.2 Å². The van der Waals surface area contributed by atoms with Crippen molar-refractivity contribution in [3.05, 3.63) is 64.8 Å². The summed E-state index contributed by atoms with van der Waals surface area (Å²) in [5.41, 5.74) is 0.948. The van der Waals surface area contributed by atoms with Crippen molar-refractivity contribution >= 4 is 11.7 Å². The lowest BCUT2D eigenvalue weighted by atomic mass is 10.2. The smallest absolute Gasteiger partial charge is 0.317 e. The zero-order valence-corrected chi connectivity index (χ0v) is 15.3. The molecular weight excluding hydrogens is 347 g/mol. The molecule has 0 radical (unpaired) electrons. The lowest BCUT2D eigenvalue weighted by Gasteiger charge is -2.24. The van der Waals surface area contributed by atoms with Gasteiger partial charge >= 0.3 is 6.03 Å². The van der Waals surface area contributed by atoms with Crippen LogP contribution in [0.1, 0.15) is 12.8 Å². The molecule has 0 saturated carbocycles. The van der Waals surface area contributed by atoms with Gasteiger partial charge in [0.15, 0.2) is 0 Å². The van der Waals surface area contributed by atoms with Gasteiger partial charge in [-0.25, -0.2) is 9.18 Å².